The van der Waals surface area contributed by atoms with Crippen molar-refractivity contribution in [1.29, 1.82) is 0 Å². The molecule has 0 saturated carbocycles. The van der Waals surface area contributed by atoms with E-state index in [1.807, 2.05) is 30.3 Å². The molecule has 13 heteroatoms. The van der Waals surface area contributed by atoms with Crippen molar-refractivity contribution in [2.24, 2.45) is 0 Å². The first-order chi connectivity index (χ1) is 23.1. The van der Waals surface area contributed by atoms with E-state index >= 15 is 0 Å². The molecular formula is C36H42Br2N2O9. The van der Waals surface area contributed by atoms with Crippen molar-refractivity contribution in [2.75, 3.05) is 20.8 Å². The normalized spacial score (nSPS) is 20.5. The topological polar surface area (TPSA) is 138 Å². The Balaban J connectivity index is 1.65. The minimum absolute atomic E-state index is 0.0334. The number of fused-ring (bicyclic) bond motifs is 2. The summed E-state index contributed by atoms with van der Waals surface area (Å²) >= 11 is 7.27. The SMILES string of the molecule is COc1c(O)cc(C[C@H]2C(=O)N3[C@@H](COCc4ccccc4)c4c(O)c(OC)c(C)c(Br)c4C[C@H]3[C@@H](O)N2C(=O)OC(C)(C)C)c(Br)c1C. The van der Waals surface area contributed by atoms with Gasteiger partial charge in [0.1, 0.15) is 11.6 Å². The lowest BCUT2D eigenvalue weighted by Crippen LogP contribution is -2.71. The van der Waals surface area contributed by atoms with Gasteiger partial charge >= 0.3 is 6.09 Å². The Hall–Kier alpha value is -3.52. The fraction of sp³-hybridized carbons (Fsp3) is 0.444. The van der Waals surface area contributed by atoms with Crippen molar-refractivity contribution >= 4 is 43.9 Å². The van der Waals surface area contributed by atoms with Gasteiger partial charge in [-0.1, -0.05) is 62.2 Å². The van der Waals surface area contributed by atoms with Crippen LogP contribution in [0.4, 0.5) is 4.79 Å². The van der Waals surface area contributed by atoms with Gasteiger partial charge in [0.05, 0.1) is 39.5 Å². The van der Waals surface area contributed by atoms with Crippen molar-refractivity contribution in [2.45, 2.75) is 84.0 Å². The Morgan fingerprint density at radius 2 is 1.61 bits per heavy atom. The second-order valence-electron chi connectivity index (χ2n) is 13.3. The van der Waals surface area contributed by atoms with Gasteiger partial charge in [0.2, 0.25) is 5.91 Å². The van der Waals surface area contributed by atoms with Gasteiger partial charge < -0.3 is 39.2 Å². The van der Waals surface area contributed by atoms with E-state index in [9.17, 15) is 24.9 Å². The Morgan fingerprint density at radius 3 is 2.22 bits per heavy atom. The number of ether oxygens (including phenoxy) is 4. The van der Waals surface area contributed by atoms with Gasteiger partial charge in [0.25, 0.3) is 0 Å². The summed E-state index contributed by atoms with van der Waals surface area (Å²) in [7, 11) is 2.90. The Bertz CT molecular complexity index is 1750. The summed E-state index contributed by atoms with van der Waals surface area (Å²) in [4.78, 5) is 31.4. The first-order valence-electron chi connectivity index (χ1n) is 15.9. The first-order valence-corrected chi connectivity index (χ1v) is 17.5. The number of halogens is 2. The monoisotopic (exact) mass is 804 g/mol. The van der Waals surface area contributed by atoms with E-state index in [-0.39, 0.29) is 49.1 Å². The molecule has 0 aliphatic carbocycles. The van der Waals surface area contributed by atoms with Crippen LogP contribution in [-0.4, -0.2) is 81.9 Å². The lowest BCUT2D eigenvalue weighted by molar-refractivity contribution is -0.176. The van der Waals surface area contributed by atoms with Gasteiger partial charge in [-0.3, -0.25) is 9.69 Å². The molecule has 0 unspecified atom stereocenters. The standard InChI is InChI=1S/C36H42Br2N2O9/c1-18-28(37)21(14-26(41)31(18)46-6)13-23-33(43)39-24(34(44)40(23)35(45)49-36(3,4)5)15-22-27(30(42)32(47-7)19(2)29(22)38)25(39)17-48-16-20-11-9-8-10-12-20/h8-12,14,23-25,34,41-42,44H,13,15-17H2,1-7H3/t23-,24-,25-,34+/m0/s1. The van der Waals surface area contributed by atoms with Crippen molar-refractivity contribution in [1.82, 2.24) is 9.80 Å². The summed E-state index contributed by atoms with van der Waals surface area (Å²) in [5.74, 6) is -0.239. The lowest BCUT2D eigenvalue weighted by atomic mass is 9.82. The van der Waals surface area contributed by atoms with Crippen LogP contribution >= 0.6 is 31.9 Å². The molecule has 2 aliphatic rings. The third kappa shape index (κ3) is 6.95. The van der Waals surface area contributed by atoms with Gasteiger partial charge in [-0.2, -0.15) is 0 Å². The molecule has 2 amide bonds. The van der Waals surface area contributed by atoms with E-state index < -0.39 is 42.0 Å². The fourth-order valence-electron chi connectivity index (χ4n) is 6.80. The fourth-order valence-corrected chi connectivity index (χ4v) is 7.81. The zero-order valence-electron chi connectivity index (χ0n) is 28.5. The third-order valence-electron chi connectivity index (χ3n) is 8.98. The van der Waals surface area contributed by atoms with E-state index in [2.05, 4.69) is 31.9 Å². The van der Waals surface area contributed by atoms with Crippen molar-refractivity contribution < 1.29 is 43.9 Å². The van der Waals surface area contributed by atoms with Crippen LogP contribution in [0.3, 0.4) is 0 Å². The van der Waals surface area contributed by atoms with Crippen LogP contribution in [-0.2, 0) is 33.7 Å². The number of benzene rings is 3. The number of phenols is 2. The molecule has 0 bridgehead atoms. The number of carbonyl (C=O) groups excluding carboxylic acids is 2. The zero-order chi connectivity index (χ0) is 35.9. The molecule has 11 nitrogen and oxygen atoms in total. The largest absolute Gasteiger partial charge is 0.504 e. The van der Waals surface area contributed by atoms with Crippen molar-refractivity contribution in [3.05, 3.63) is 78.7 Å². The van der Waals surface area contributed by atoms with Crippen LogP contribution in [0.15, 0.2) is 45.3 Å². The number of methoxy groups -OCH3 is 2. The Labute approximate surface area is 303 Å². The van der Waals surface area contributed by atoms with E-state index in [4.69, 9.17) is 18.9 Å². The summed E-state index contributed by atoms with van der Waals surface area (Å²) in [6, 6.07) is 7.96. The number of amides is 2. The number of rotatable bonds is 8. The molecule has 5 rings (SSSR count). The second kappa shape index (κ2) is 14.4. The molecule has 3 aromatic carbocycles. The number of carbonyl (C=O) groups is 2. The number of aliphatic hydroxyl groups is 1. The van der Waals surface area contributed by atoms with Crippen molar-refractivity contribution in [3.8, 4) is 23.0 Å². The van der Waals surface area contributed by atoms with E-state index in [1.54, 1.807) is 34.6 Å². The molecule has 1 saturated heterocycles. The first kappa shape index (κ1) is 36.8. The van der Waals surface area contributed by atoms with Gasteiger partial charge in [0, 0.05) is 32.1 Å². The molecular weight excluding hydrogens is 764 g/mol. The predicted molar refractivity (Wildman–Crippen MR) is 189 cm³/mol. The predicted octanol–water partition coefficient (Wildman–Crippen LogP) is 6.45. The number of aliphatic hydroxyl groups excluding tert-OH is 1. The average Bonchev–Trinajstić information content (AvgIpc) is 3.04. The molecule has 0 radical (unpaired) electrons. The highest BCUT2D eigenvalue weighted by Crippen LogP contribution is 2.51. The number of piperazine rings is 1. The van der Waals surface area contributed by atoms with E-state index in [1.165, 1.54) is 25.2 Å². The van der Waals surface area contributed by atoms with Crippen LogP contribution in [0, 0.1) is 13.8 Å². The maximum atomic E-state index is 14.9. The summed E-state index contributed by atoms with van der Waals surface area (Å²) in [6.45, 7) is 8.87. The van der Waals surface area contributed by atoms with Crippen LogP contribution in [0.25, 0.3) is 0 Å². The molecule has 1 fully saturated rings. The minimum Gasteiger partial charge on any atom is -0.504 e. The molecule has 3 aromatic rings. The molecule has 49 heavy (non-hydrogen) atoms. The van der Waals surface area contributed by atoms with Gasteiger partial charge in [-0.15, -0.1) is 0 Å². The maximum Gasteiger partial charge on any atom is 0.413 e. The van der Waals surface area contributed by atoms with Gasteiger partial charge in [0.15, 0.2) is 29.2 Å². The molecule has 2 heterocycles. The van der Waals surface area contributed by atoms with Gasteiger partial charge in [-0.25, -0.2) is 4.79 Å². The summed E-state index contributed by atoms with van der Waals surface area (Å²) < 4.78 is 24.1. The highest BCUT2D eigenvalue weighted by atomic mass is 79.9. The van der Waals surface area contributed by atoms with Crippen LogP contribution < -0.4 is 9.47 Å². The zero-order valence-corrected chi connectivity index (χ0v) is 31.7. The number of phenolic OH excluding ortho intramolecular Hbond substituents is 2. The molecule has 0 spiro atoms. The van der Waals surface area contributed by atoms with Crippen LogP contribution in [0.5, 0.6) is 23.0 Å². The number of hydrogen-bond acceptors (Lipinski definition) is 9. The minimum atomic E-state index is -1.51. The third-order valence-corrected chi connectivity index (χ3v) is 11.2. The van der Waals surface area contributed by atoms with E-state index in [0.29, 0.717) is 36.8 Å². The molecule has 264 valence electrons. The Morgan fingerprint density at radius 1 is 0.980 bits per heavy atom. The summed E-state index contributed by atoms with van der Waals surface area (Å²) in [5, 5.41) is 34.6. The average molecular weight is 807 g/mol. The summed E-state index contributed by atoms with van der Waals surface area (Å²) in [5.41, 5.74) is 2.84. The smallest absolute Gasteiger partial charge is 0.413 e. The maximum absolute atomic E-state index is 14.9. The van der Waals surface area contributed by atoms with Gasteiger partial charge in [-0.05, 0) is 63.8 Å². The number of hydrogen-bond donors (Lipinski definition) is 3. The van der Waals surface area contributed by atoms with Crippen molar-refractivity contribution in [3.63, 3.8) is 0 Å². The highest BCUT2D eigenvalue weighted by molar-refractivity contribution is 9.11. The quantitative estimate of drug-likeness (QED) is 0.235. The molecule has 2 aliphatic heterocycles. The Kier molecular flexibility index (Phi) is 10.8. The molecule has 3 N–H and O–H groups in total. The van der Waals surface area contributed by atoms with Crippen LogP contribution in [0.1, 0.15) is 60.2 Å². The second-order valence-corrected chi connectivity index (χ2v) is 14.9. The van der Waals surface area contributed by atoms with E-state index in [0.717, 1.165) is 10.5 Å². The lowest BCUT2D eigenvalue weighted by Gasteiger charge is -2.53. The highest BCUT2D eigenvalue weighted by Gasteiger charge is 2.55. The molecule has 0 aromatic heterocycles. The number of aromatic hydroxyl groups is 2. The van der Waals surface area contributed by atoms with Crippen LogP contribution in [0.2, 0.25) is 0 Å². The molecule has 4 atom stereocenters. The number of nitrogens with zero attached hydrogens (tertiary/aromatic N) is 2. The summed E-state index contributed by atoms with van der Waals surface area (Å²) in [6.07, 6.45) is -2.35.